The zero-order chi connectivity index (χ0) is 34.0. The number of ether oxygens (including phenoxy) is 4. The lowest BCUT2D eigenvalue weighted by Gasteiger charge is -2.17. The molecule has 0 saturated carbocycles. The fourth-order valence-corrected chi connectivity index (χ4v) is 4.93. The lowest BCUT2D eigenvalue weighted by atomic mass is 10.1. The van der Waals surface area contributed by atoms with Crippen molar-refractivity contribution in [1.82, 2.24) is 14.3 Å². The predicted octanol–water partition coefficient (Wildman–Crippen LogP) is 5.81. The molecule has 0 radical (unpaired) electrons. The van der Waals surface area contributed by atoms with Crippen molar-refractivity contribution in [1.29, 1.82) is 0 Å². The molecule has 1 atom stereocenters. The molecule has 4 aromatic rings. The summed E-state index contributed by atoms with van der Waals surface area (Å²) < 4.78 is 119. The molecule has 1 saturated heterocycles. The summed E-state index contributed by atoms with van der Waals surface area (Å²) >= 11 is 0. The molecule has 2 aromatic carbocycles. The second kappa shape index (κ2) is 13.4. The Hall–Kier alpha value is -5.06. The lowest BCUT2D eigenvalue weighted by Crippen LogP contribution is -2.25. The van der Waals surface area contributed by atoms with Crippen LogP contribution in [0.3, 0.4) is 0 Å². The van der Waals surface area contributed by atoms with Crippen LogP contribution >= 0.6 is 0 Å². The molecule has 47 heavy (non-hydrogen) atoms. The quantitative estimate of drug-likeness (QED) is 0.212. The fourth-order valence-electron chi connectivity index (χ4n) is 4.93. The Bertz CT molecular complexity index is 1810. The molecule has 0 spiro atoms. The molecule has 10 nitrogen and oxygen atoms in total. The molecule has 0 bridgehead atoms. The fraction of sp³-hybridized carbons (Fsp3) is 0.300. The highest BCUT2D eigenvalue weighted by Crippen LogP contribution is 2.37. The Balaban J connectivity index is 1.62. The number of hydrogen-bond donors (Lipinski definition) is 1. The summed E-state index contributed by atoms with van der Waals surface area (Å²) in [5, 5.41) is 2.24. The molecule has 0 aliphatic carbocycles. The van der Waals surface area contributed by atoms with E-state index in [4.69, 9.17) is 14.2 Å². The van der Waals surface area contributed by atoms with E-state index in [1.807, 2.05) is 0 Å². The first-order valence-corrected chi connectivity index (χ1v) is 13.8. The molecule has 2 aromatic heterocycles. The van der Waals surface area contributed by atoms with Crippen LogP contribution in [-0.4, -0.2) is 53.8 Å². The van der Waals surface area contributed by atoms with E-state index >= 15 is 8.78 Å². The van der Waals surface area contributed by atoms with Crippen molar-refractivity contribution in [3.05, 3.63) is 81.8 Å². The molecule has 5 rings (SSSR count). The first kappa shape index (κ1) is 33.3. The van der Waals surface area contributed by atoms with Crippen molar-refractivity contribution in [2.75, 3.05) is 32.2 Å². The van der Waals surface area contributed by atoms with Gasteiger partial charge in [-0.1, -0.05) is 0 Å². The number of carbonyl (C=O) groups is 1. The maximum atomic E-state index is 15.4. The predicted molar refractivity (Wildman–Crippen MR) is 151 cm³/mol. The van der Waals surface area contributed by atoms with E-state index in [0.717, 1.165) is 67.4 Å². The van der Waals surface area contributed by atoms with Crippen LogP contribution in [0.2, 0.25) is 0 Å². The molecule has 1 amide bonds. The van der Waals surface area contributed by atoms with Gasteiger partial charge in [0, 0.05) is 37.3 Å². The summed E-state index contributed by atoms with van der Waals surface area (Å²) in [5.41, 5.74) is -4.99. The third-order valence-electron chi connectivity index (χ3n) is 7.16. The van der Waals surface area contributed by atoms with Crippen molar-refractivity contribution in [2.24, 2.45) is 13.0 Å². The summed E-state index contributed by atoms with van der Waals surface area (Å²) in [6.07, 6.45) is -4.45. The Labute approximate surface area is 261 Å². The van der Waals surface area contributed by atoms with Crippen LogP contribution in [0.1, 0.15) is 22.5 Å². The second-order valence-electron chi connectivity index (χ2n) is 10.2. The highest BCUT2D eigenvalue weighted by atomic mass is 19.4. The Morgan fingerprint density at radius 2 is 1.77 bits per heavy atom. The average Bonchev–Trinajstić information content (AvgIpc) is 3.61. The SMILES string of the molecule is COc1cc(F)c(-c2c(NC(=O)c3ccc(OC(F)F)cc3)c(=O)n(-c3ccc(OCC4CCOC4)c(C(F)(F)F)n3)n2C)c(F)c1. The lowest BCUT2D eigenvalue weighted by molar-refractivity contribution is -0.142. The topological polar surface area (TPSA) is 106 Å². The van der Waals surface area contributed by atoms with E-state index < -0.39 is 70.1 Å². The van der Waals surface area contributed by atoms with E-state index in [9.17, 15) is 31.5 Å². The minimum absolute atomic E-state index is 0.0835. The Morgan fingerprint density at radius 1 is 1.09 bits per heavy atom. The van der Waals surface area contributed by atoms with Gasteiger partial charge < -0.3 is 24.3 Å². The van der Waals surface area contributed by atoms with Crippen molar-refractivity contribution < 1.29 is 54.5 Å². The molecule has 250 valence electrons. The van der Waals surface area contributed by atoms with Crippen LogP contribution < -0.4 is 25.1 Å². The smallest absolute Gasteiger partial charge is 0.437 e. The third-order valence-corrected chi connectivity index (χ3v) is 7.16. The van der Waals surface area contributed by atoms with Crippen LogP contribution in [-0.2, 0) is 18.0 Å². The van der Waals surface area contributed by atoms with Gasteiger partial charge in [-0.25, -0.2) is 13.8 Å². The van der Waals surface area contributed by atoms with Gasteiger partial charge in [0.2, 0.25) is 0 Å². The molecule has 1 aliphatic rings. The van der Waals surface area contributed by atoms with Gasteiger partial charge >= 0.3 is 12.8 Å². The molecule has 1 aliphatic heterocycles. The highest BCUT2D eigenvalue weighted by Gasteiger charge is 2.38. The summed E-state index contributed by atoms with van der Waals surface area (Å²) in [5.74, 6) is -5.37. The molecule has 1 unspecified atom stereocenters. The normalized spacial score (nSPS) is 14.8. The summed E-state index contributed by atoms with van der Waals surface area (Å²) in [7, 11) is 2.27. The molecule has 3 heterocycles. The van der Waals surface area contributed by atoms with Gasteiger partial charge in [-0.15, -0.1) is 0 Å². The number of carbonyl (C=O) groups excluding carboxylic acids is 1. The van der Waals surface area contributed by atoms with Gasteiger partial charge in [-0.05, 0) is 42.8 Å². The first-order chi connectivity index (χ1) is 22.3. The van der Waals surface area contributed by atoms with E-state index in [1.165, 1.54) is 0 Å². The zero-order valence-electron chi connectivity index (χ0n) is 24.5. The Morgan fingerprint density at radius 3 is 2.34 bits per heavy atom. The van der Waals surface area contributed by atoms with Gasteiger partial charge in [0.05, 0.1) is 25.9 Å². The van der Waals surface area contributed by atoms with Crippen LogP contribution in [0, 0.1) is 17.6 Å². The standard InChI is InChI=1S/C30H25F7N4O6/c1-40-25(23-19(31)11-18(44-2)12-20(23)32)24(39-27(42)16-3-5-17(6-4-16)47-29(33)34)28(43)41(40)22-8-7-21(26(38-22)30(35,36)37)46-14-15-9-10-45-13-15/h3-8,11-12,15,29H,9-10,13-14H2,1-2H3,(H,39,42). The maximum absolute atomic E-state index is 15.4. The monoisotopic (exact) mass is 670 g/mol. The number of amides is 1. The largest absolute Gasteiger partial charge is 0.497 e. The number of alkyl halides is 5. The number of benzene rings is 2. The first-order valence-electron chi connectivity index (χ1n) is 13.8. The highest BCUT2D eigenvalue weighted by molar-refractivity contribution is 6.06. The third kappa shape index (κ3) is 7.03. The van der Waals surface area contributed by atoms with E-state index in [2.05, 4.69) is 15.0 Å². The second-order valence-corrected chi connectivity index (χ2v) is 10.2. The molecule has 1 fully saturated rings. The number of nitrogens with one attached hydrogen (secondary N) is 1. The van der Waals surface area contributed by atoms with E-state index in [-0.39, 0.29) is 29.6 Å². The number of hydrogen-bond acceptors (Lipinski definition) is 7. The van der Waals surface area contributed by atoms with Gasteiger partial charge in [-0.2, -0.15) is 26.6 Å². The number of nitrogens with zero attached hydrogens (tertiary/aromatic N) is 3. The molecule has 1 N–H and O–H groups in total. The van der Waals surface area contributed by atoms with Crippen molar-refractivity contribution >= 4 is 11.6 Å². The van der Waals surface area contributed by atoms with Crippen molar-refractivity contribution in [2.45, 2.75) is 19.2 Å². The zero-order valence-corrected chi connectivity index (χ0v) is 24.5. The molecular formula is C30H25F7N4O6. The van der Waals surface area contributed by atoms with E-state index in [1.54, 1.807) is 0 Å². The number of anilines is 1. The van der Waals surface area contributed by atoms with Gasteiger partial charge in [0.15, 0.2) is 11.5 Å². The van der Waals surface area contributed by atoms with Crippen LogP contribution in [0.25, 0.3) is 17.1 Å². The molecular weight excluding hydrogens is 645 g/mol. The van der Waals surface area contributed by atoms with Gasteiger partial charge in [0.1, 0.15) is 40.3 Å². The van der Waals surface area contributed by atoms with Crippen LogP contribution in [0.5, 0.6) is 17.2 Å². The summed E-state index contributed by atoms with van der Waals surface area (Å²) in [4.78, 5) is 30.6. The van der Waals surface area contributed by atoms with E-state index in [0.29, 0.717) is 24.3 Å². The van der Waals surface area contributed by atoms with Crippen LogP contribution in [0.15, 0.2) is 53.3 Å². The maximum Gasteiger partial charge on any atom is 0.437 e. The van der Waals surface area contributed by atoms with Crippen molar-refractivity contribution in [3.63, 3.8) is 0 Å². The Kier molecular flexibility index (Phi) is 9.46. The number of rotatable bonds is 10. The minimum atomic E-state index is -5.04. The average molecular weight is 671 g/mol. The molecule has 17 heteroatoms. The minimum Gasteiger partial charge on any atom is -0.497 e. The summed E-state index contributed by atoms with van der Waals surface area (Å²) in [6, 6.07) is 7.84. The van der Waals surface area contributed by atoms with Gasteiger partial charge in [0.25, 0.3) is 11.5 Å². The number of pyridine rings is 1. The summed E-state index contributed by atoms with van der Waals surface area (Å²) in [6.45, 7) is -2.46. The van der Waals surface area contributed by atoms with Crippen molar-refractivity contribution in [3.8, 4) is 34.3 Å². The number of halogens is 7. The number of aromatic nitrogens is 3. The number of methoxy groups -OCH3 is 1. The van der Waals surface area contributed by atoms with Crippen LogP contribution in [0.4, 0.5) is 36.4 Å². The van der Waals surface area contributed by atoms with Gasteiger partial charge in [-0.3, -0.25) is 14.3 Å².